The van der Waals surface area contributed by atoms with Gasteiger partial charge in [0.25, 0.3) is 0 Å². The largest absolute Gasteiger partial charge is 0.391 e. The van der Waals surface area contributed by atoms with Crippen molar-refractivity contribution in [3.63, 3.8) is 0 Å². The van der Waals surface area contributed by atoms with Gasteiger partial charge < -0.3 is 5.11 Å². The van der Waals surface area contributed by atoms with E-state index in [-0.39, 0.29) is 12.1 Å². The van der Waals surface area contributed by atoms with Crippen molar-refractivity contribution < 1.29 is 5.11 Å². The molecular formula is C8H14N2O. The van der Waals surface area contributed by atoms with E-state index in [4.69, 9.17) is 0 Å². The molecule has 1 rings (SSSR count). The molecule has 1 N–H and O–H groups in total. The highest BCUT2D eigenvalue weighted by atomic mass is 16.3. The molecule has 3 nitrogen and oxygen atoms in total. The molecular weight excluding hydrogens is 140 g/mol. The zero-order valence-electron chi connectivity index (χ0n) is 7.15. The Kier molecular flexibility index (Phi) is 2.29. The van der Waals surface area contributed by atoms with Crippen LogP contribution in [0.4, 0.5) is 0 Å². The first-order valence-electron chi connectivity index (χ1n) is 3.81. The normalized spacial score (nSPS) is 16.4. The van der Waals surface area contributed by atoms with Crippen molar-refractivity contribution in [1.29, 1.82) is 0 Å². The van der Waals surface area contributed by atoms with Crippen LogP contribution in [0.3, 0.4) is 0 Å². The van der Waals surface area contributed by atoms with E-state index >= 15 is 0 Å². The summed E-state index contributed by atoms with van der Waals surface area (Å²) in [5.74, 6) is 0. The molecule has 0 unspecified atom stereocenters. The summed E-state index contributed by atoms with van der Waals surface area (Å²) < 4.78 is 1.78. The highest BCUT2D eigenvalue weighted by molar-refractivity contribution is 4.96. The second-order valence-electron chi connectivity index (χ2n) is 2.92. The predicted molar refractivity (Wildman–Crippen MR) is 43.4 cm³/mol. The zero-order chi connectivity index (χ0) is 8.43. The van der Waals surface area contributed by atoms with Gasteiger partial charge in [-0.3, -0.25) is 4.68 Å². The number of rotatable bonds is 2. The summed E-state index contributed by atoms with van der Waals surface area (Å²) in [6.45, 7) is 5.64. The number of hydrogen-bond acceptors (Lipinski definition) is 2. The summed E-state index contributed by atoms with van der Waals surface area (Å²) in [6.07, 6.45) is 1.53. The Balaban J connectivity index is 2.76. The van der Waals surface area contributed by atoms with Gasteiger partial charge in [0.05, 0.1) is 17.8 Å². The molecule has 0 amide bonds. The van der Waals surface area contributed by atoms with Crippen molar-refractivity contribution in [3.05, 3.63) is 18.0 Å². The average molecular weight is 154 g/mol. The first kappa shape index (κ1) is 8.27. The maximum atomic E-state index is 9.22. The van der Waals surface area contributed by atoms with Crippen molar-refractivity contribution in [2.75, 3.05) is 0 Å². The summed E-state index contributed by atoms with van der Waals surface area (Å²) in [6, 6.07) is 1.99. The third kappa shape index (κ3) is 1.80. The molecule has 11 heavy (non-hydrogen) atoms. The van der Waals surface area contributed by atoms with Gasteiger partial charge in [0.2, 0.25) is 0 Å². The van der Waals surface area contributed by atoms with Gasteiger partial charge in [-0.1, -0.05) is 0 Å². The number of aliphatic hydroxyl groups excluding tert-OH is 1. The number of hydrogen-bond donors (Lipinski definition) is 1. The molecule has 3 heteroatoms. The molecule has 0 spiro atoms. The fraction of sp³-hybridized carbons (Fsp3) is 0.625. The van der Waals surface area contributed by atoms with Crippen LogP contribution in [0.15, 0.2) is 12.3 Å². The maximum Gasteiger partial charge on any atom is 0.0747 e. The zero-order valence-corrected chi connectivity index (χ0v) is 7.15. The minimum atomic E-state index is -0.353. The maximum absolute atomic E-state index is 9.22. The summed E-state index contributed by atoms with van der Waals surface area (Å²) in [5, 5.41) is 13.4. The van der Waals surface area contributed by atoms with E-state index in [1.165, 1.54) is 0 Å². The van der Waals surface area contributed by atoms with Gasteiger partial charge in [0.1, 0.15) is 0 Å². The van der Waals surface area contributed by atoms with Crippen LogP contribution in [0.25, 0.3) is 0 Å². The van der Waals surface area contributed by atoms with Crippen LogP contribution < -0.4 is 0 Å². The van der Waals surface area contributed by atoms with E-state index in [0.29, 0.717) is 0 Å². The highest BCUT2D eigenvalue weighted by Crippen LogP contribution is 2.09. The second kappa shape index (κ2) is 3.05. The Morgan fingerprint density at radius 1 is 1.55 bits per heavy atom. The summed E-state index contributed by atoms with van der Waals surface area (Å²) in [5.41, 5.74) is 0.984. The molecule has 0 bridgehead atoms. The number of aromatic nitrogens is 2. The quantitative estimate of drug-likeness (QED) is 0.693. The Labute approximate surface area is 66.7 Å². The minimum absolute atomic E-state index is 0.0590. The molecule has 2 atom stereocenters. The SMILES string of the molecule is Cc1ccn([C@@H](C)[C@H](C)O)n1. The van der Waals surface area contributed by atoms with Crippen LogP contribution in [0.5, 0.6) is 0 Å². The van der Waals surface area contributed by atoms with Crippen molar-refractivity contribution in [3.8, 4) is 0 Å². The second-order valence-corrected chi connectivity index (χ2v) is 2.92. The Bertz CT molecular complexity index is 230. The lowest BCUT2D eigenvalue weighted by molar-refractivity contribution is 0.132. The molecule has 1 aromatic rings. The molecule has 0 saturated heterocycles. The first-order valence-corrected chi connectivity index (χ1v) is 3.81. The van der Waals surface area contributed by atoms with Crippen LogP contribution in [0.2, 0.25) is 0 Å². The number of aryl methyl sites for hydroxylation is 1. The van der Waals surface area contributed by atoms with Gasteiger partial charge in [-0.15, -0.1) is 0 Å². The number of nitrogens with zero attached hydrogens (tertiary/aromatic N) is 2. The highest BCUT2D eigenvalue weighted by Gasteiger charge is 2.10. The summed E-state index contributed by atoms with van der Waals surface area (Å²) in [4.78, 5) is 0. The van der Waals surface area contributed by atoms with Crippen LogP contribution in [-0.2, 0) is 0 Å². The third-order valence-corrected chi connectivity index (χ3v) is 1.86. The standard InChI is InChI=1S/C8H14N2O/c1-6-4-5-10(9-6)7(2)8(3)11/h4-5,7-8,11H,1-3H3/t7-,8-/m0/s1. The van der Waals surface area contributed by atoms with E-state index in [9.17, 15) is 5.11 Å². The number of aliphatic hydroxyl groups is 1. The van der Waals surface area contributed by atoms with Gasteiger partial charge in [-0.2, -0.15) is 5.10 Å². The minimum Gasteiger partial charge on any atom is -0.391 e. The fourth-order valence-corrected chi connectivity index (χ4v) is 0.881. The molecule has 0 radical (unpaired) electrons. The summed E-state index contributed by atoms with van der Waals surface area (Å²) in [7, 11) is 0. The smallest absolute Gasteiger partial charge is 0.0747 e. The van der Waals surface area contributed by atoms with Crippen molar-refractivity contribution in [2.45, 2.75) is 32.9 Å². The fourth-order valence-electron chi connectivity index (χ4n) is 0.881. The van der Waals surface area contributed by atoms with Crippen LogP contribution in [0.1, 0.15) is 25.6 Å². The first-order chi connectivity index (χ1) is 5.11. The lowest BCUT2D eigenvalue weighted by Gasteiger charge is -2.14. The molecule has 0 saturated carbocycles. The molecule has 0 aliphatic carbocycles. The Morgan fingerprint density at radius 2 is 2.18 bits per heavy atom. The Hall–Kier alpha value is -0.830. The van der Waals surface area contributed by atoms with E-state index in [2.05, 4.69) is 5.10 Å². The van der Waals surface area contributed by atoms with Crippen LogP contribution in [-0.4, -0.2) is 21.0 Å². The van der Waals surface area contributed by atoms with E-state index in [0.717, 1.165) is 5.69 Å². The monoisotopic (exact) mass is 154 g/mol. The molecule has 62 valence electrons. The van der Waals surface area contributed by atoms with Gasteiger partial charge in [0, 0.05) is 6.20 Å². The van der Waals surface area contributed by atoms with Crippen LogP contribution >= 0.6 is 0 Å². The summed E-state index contributed by atoms with van der Waals surface area (Å²) >= 11 is 0. The van der Waals surface area contributed by atoms with Gasteiger partial charge >= 0.3 is 0 Å². The van der Waals surface area contributed by atoms with Crippen molar-refractivity contribution in [2.24, 2.45) is 0 Å². The lowest BCUT2D eigenvalue weighted by Crippen LogP contribution is -2.18. The molecule has 0 aliphatic rings. The Morgan fingerprint density at radius 3 is 2.55 bits per heavy atom. The molecule has 0 aromatic carbocycles. The third-order valence-electron chi connectivity index (χ3n) is 1.86. The van der Waals surface area contributed by atoms with E-state index < -0.39 is 0 Å². The van der Waals surface area contributed by atoms with Crippen molar-refractivity contribution in [1.82, 2.24) is 9.78 Å². The van der Waals surface area contributed by atoms with E-state index in [1.807, 2.05) is 26.1 Å². The molecule has 0 aliphatic heterocycles. The van der Waals surface area contributed by atoms with Gasteiger partial charge in [0.15, 0.2) is 0 Å². The van der Waals surface area contributed by atoms with Gasteiger partial charge in [-0.05, 0) is 26.8 Å². The topological polar surface area (TPSA) is 38.0 Å². The van der Waals surface area contributed by atoms with Crippen molar-refractivity contribution >= 4 is 0 Å². The molecule has 0 fully saturated rings. The molecule has 1 aromatic heterocycles. The molecule has 1 heterocycles. The van der Waals surface area contributed by atoms with Gasteiger partial charge in [-0.25, -0.2) is 0 Å². The van der Waals surface area contributed by atoms with Crippen LogP contribution in [0, 0.1) is 6.92 Å². The lowest BCUT2D eigenvalue weighted by atomic mass is 10.2. The average Bonchev–Trinajstić information content (AvgIpc) is 2.34. The van der Waals surface area contributed by atoms with E-state index in [1.54, 1.807) is 11.6 Å². The predicted octanol–water partition coefficient (Wildman–Crippen LogP) is 1.13.